The smallest absolute Gasteiger partial charge is 0.138 e. The van der Waals surface area contributed by atoms with E-state index in [0.717, 1.165) is 25.2 Å². The third kappa shape index (κ3) is 4.61. The molecule has 1 aliphatic heterocycles. The number of hydrogen-bond acceptors (Lipinski definition) is 3. The molecule has 1 fully saturated rings. The Kier molecular flexibility index (Phi) is 6.00. The van der Waals surface area contributed by atoms with Crippen molar-refractivity contribution in [1.29, 1.82) is 0 Å². The number of hydrogen-bond donors (Lipinski definition) is 1. The minimum absolute atomic E-state index is 0.0130. The molecule has 0 bridgehead atoms. The summed E-state index contributed by atoms with van der Waals surface area (Å²) in [6, 6.07) is 4.81. The Labute approximate surface area is 118 Å². The van der Waals surface area contributed by atoms with Crippen molar-refractivity contribution < 1.29 is 19.0 Å². The average Bonchev–Trinajstić information content (AvgIpc) is 2.95. The van der Waals surface area contributed by atoms with Crippen LogP contribution in [0.4, 0.5) is 4.39 Å². The lowest BCUT2D eigenvalue weighted by Gasteiger charge is -2.09. The Hall–Kier alpha value is -1.41. The van der Waals surface area contributed by atoms with E-state index in [4.69, 9.17) is 14.6 Å². The zero-order chi connectivity index (χ0) is 14.2. The van der Waals surface area contributed by atoms with Crippen LogP contribution < -0.4 is 0 Å². The van der Waals surface area contributed by atoms with Gasteiger partial charge >= 0.3 is 0 Å². The molecule has 1 aromatic rings. The van der Waals surface area contributed by atoms with E-state index in [1.165, 1.54) is 6.07 Å². The molecule has 0 aliphatic carbocycles. The van der Waals surface area contributed by atoms with Gasteiger partial charge in [0, 0.05) is 18.9 Å². The lowest BCUT2D eigenvalue weighted by Crippen LogP contribution is -2.09. The Bertz CT molecular complexity index is 484. The third-order valence-electron chi connectivity index (χ3n) is 3.14. The normalized spacial score (nSPS) is 17.8. The van der Waals surface area contributed by atoms with Gasteiger partial charge in [0.05, 0.1) is 32.0 Å². The van der Waals surface area contributed by atoms with Crippen molar-refractivity contribution in [2.45, 2.75) is 19.4 Å². The highest BCUT2D eigenvalue weighted by Crippen LogP contribution is 2.15. The Balaban J connectivity index is 1.88. The van der Waals surface area contributed by atoms with Crippen LogP contribution >= 0.6 is 0 Å². The maximum Gasteiger partial charge on any atom is 0.138 e. The minimum atomic E-state index is -0.344. The summed E-state index contributed by atoms with van der Waals surface area (Å²) in [5.74, 6) is 5.58. The highest BCUT2D eigenvalue weighted by Gasteiger charge is 2.15. The molecule has 1 saturated heterocycles. The summed E-state index contributed by atoms with van der Waals surface area (Å²) >= 11 is 0. The van der Waals surface area contributed by atoms with Crippen molar-refractivity contribution in [3.8, 4) is 11.8 Å². The Morgan fingerprint density at radius 2 is 2.35 bits per heavy atom. The monoisotopic (exact) mass is 278 g/mol. The van der Waals surface area contributed by atoms with E-state index in [1.54, 1.807) is 12.1 Å². The molecule has 1 unspecified atom stereocenters. The van der Waals surface area contributed by atoms with Gasteiger partial charge in [-0.2, -0.15) is 0 Å². The molecule has 20 heavy (non-hydrogen) atoms. The Morgan fingerprint density at radius 1 is 1.45 bits per heavy atom. The van der Waals surface area contributed by atoms with Gasteiger partial charge in [0.25, 0.3) is 0 Å². The molecule has 0 aromatic heterocycles. The third-order valence-corrected chi connectivity index (χ3v) is 3.14. The zero-order valence-corrected chi connectivity index (χ0v) is 11.4. The number of aliphatic hydroxyl groups is 1. The fraction of sp³-hybridized carbons (Fsp3) is 0.500. The average molecular weight is 278 g/mol. The molecule has 4 heteroatoms. The lowest BCUT2D eigenvalue weighted by atomic mass is 10.1. The SMILES string of the molecule is OCCC#Cc1cc(COCC2CCOC2)ccc1F. The van der Waals surface area contributed by atoms with Crippen molar-refractivity contribution in [3.63, 3.8) is 0 Å². The van der Waals surface area contributed by atoms with E-state index in [-0.39, 0.29) is 12.4 Å². The lowest BCUT2D eigenvalue weighted by molar-refractivity contribution is 0.0791. The zero-order valence-electron chi connectivity index (χ0n) is 11.4. The standard InChI is InChI=1S/C16H19FO3/c17-16-5-4-13(9-15(16)3-1-2-7-18)10-20-12-14-6-8-19-11-14/h4-5,9,14,18H,2,6-8,10-12H2. The van der Waals surface area contributed by atoms with Gasteiger partial charge in [-0.3, -0.25) is 0 Å². The van der Waals surface area contributed by atoms with Gasteiger partial charge in [0.1, 0.15) is 5.82 Å². The molecule has 0 saturated carbocycles. The van der Waals surface area contributed by atoms with E-state index < -0.39 is 0 Å². The van der Waals surface area contributed by atoms with Crippen LogP contribution in [0.1, 0.15) is 24.0 Å². The largest absolute Gasteiger partial charge is 0.395 e. The molecule has 0 spiro atoms. The van der Waals surface area contributed by atoms with Gasteiger partial charge in [0.2, 0.25) is 0 Å². The van der Waals surface area contributed by atoms with Crippen LogP contribution in [-0.4, -0.2) is 31.5 Å². The number of halogens is 1. The van der Waals surface area contributed by atoms with E-state index in [0.29, 0.717) is 31.1 Å². The summed E-state index contributed by atoms with van der Waals surface area (Å²) in [6.07, 6.45) is 1.39. The van der Waals surface area contributed by atoms with E-state index in [2.05, 4.69) is 11.8 Å². The van der Waals surface area contributed by atoms with Crippen molar-refractivity contribution in [2.24, 2.45) is 5.92 Å². The first-order chi connectivity index (χ1) is 9.79. The summed E-state index contributed by atoms with van der Waals surface area (Å²) in [5.41, 5.74) is 1.25. The van der Waals surface area contributed by atoms with Crippen molar-refractivity contribution in [1.82, 2.24) is 0 Å². The van der Waals surface area contributed by atoms with Gasteiger partial charge < -0.3 is 14.6 Å². The van der Waals surface area contributed by atoms with Crippen LogP contribution in [0.15, 0.2) is 18.2 Å². The molecule has 108 valence electrons. The molecule has 1 N–H and O–H groups in total. The van der Waals surface area contributed by atoms with E-state index in [1.807, 2.05) is 0 Å². The summed E-state index contributed by atoms with van der Waals surface area (Å²) in [5, 5.41) is 8.66. The van der Waals surface area contributed by atoms with E-state index >= 15 is 0 Å². The van der Waals surface area contributed by atoms with Crippen molar-refractivity contribution in [3.05, 3.63) is 35.1 Å². The van der Waals surface area contributed by atoms with Crippen LogP contribution in [0.3, 0.4) is 0 Å². The molecule has 1 heterocycles. The van der Waals surface area contributed by atoms with Crippen LogP contribution in [0.2, 0.25) is 0 Å². The molecule has 0 amide bonds. The fourth-order valence-electron chi connectivity index (χ4n) is 2.03. The second-order valence-electron chi connectivity index (χ2n) is 4.83. The van der Waals surface area contributed by atoms with Crippen molar-refractivity contribution >= 4 is 0 Å². The van der Waals surface area contributed by atoms with E-state index in [9.17, 15) is 4.39 Å². The minimum Gasteiger partial charge on any atom is -0.395 e. The van der Waals surface area contributed by atoms with Gasteiger partial charge in [-0.1, -0.05) is 17.9 Å². The first-order valence-electron chi connectivity index (χ1n) is 6.83. The highest BCUT2D eigenvalue weighted by atomic mass is 19.1. The molecule has 1 aromatic carbocycles. The van der Waals surface area contributed by atoms with Crippen LogP contribution in [-0.2, 0) is 16.1 Å². The Morgan fingerprint density at radius 3 is 3.10 bits per heavy atom. The fourth-order valence-corrected chi connectivity index (χ4v) is 2.03. The first-order valence-corrected chi connectivity index (χ1v) is 6.83. The topological polar surface area (TPSA) is 38.7 Å². The quantitative estimate of drug-likeness (QED) is 0.838. The molecule has 2 rings (SSSR count). The van der Waals surface area contributed by atoms with Gasteiger partial charge in [-0.05, 0) is 24.1 Å². The maximum absolute atomic E-state index is 13.5. The van der Waals surface area contributed by atoms with Crippen molar-refractivity contribution in [2.75, 3.05) is 26.4 Å². The predicted octanol–water partition coefficient (Wildman–Crippen LogP) is 2.11. The second kappa shape index (κ2) is 8.01. The number of aliphatic hydroxyl groups excluding tert-OH is 1. The second-order valence-corrected chi connectivity index (χ2v) is 4.83. The number of rotatable bonds is 5. The summed E-state index contributed by atoms with van der Waals surface area (Å²) in [7, 11) is 0. The summed E-state index contributed by atoms with van der Waals surface area (Å²) < 4.78 is 24.5. The molecule has 1 atom stereocenters. The number of benzene rings is 1. The van der Waals surface area contributed by atoms with Gasteiger partial charge in [-0.25, -0.2) is 4.39 Å². The molecule has 1 aliphatic rings. The molecule has 0 radical (unpaired) electrons. The molecule has 3 nitrogen and oxygen atoms in total. The first kappa shape index (κ1) is 15.0. The van der Waals surface area contributed by atoms with Crippen LogP contribution in [0.25, 0.3) is 0 Å². The van der Waals surface area contributed by atoms with Crippen LogP contribution in [0, 0.1) is 23.6 Å². The summed E-state index contributed by atoms with van der Waals surface area (Å²) in [4.78, 5) is 0. The maximum atomic E-state index is 13.5. The number of ether oxygens (including phenoxy) is 2. The molecular weight excluding hydrogens is 259 g/mol. The van der Waals surface area contributed by atoms with Crippen LogP contribution in [0.5, 0.6) is 0 Å². The molecular formula is C16H19FO3. The van der Waals surface area contributed by atoms with Gasteiger partial charge in [-0.15, -0.1) is 0 Å². The highest BCUT2D eigenvalue weighted by molar-refractivity contribution is 5.38. The predicted molar refractivity (Wildman–Crippen MR) is 73.6 cm³/mol. The summed E-state index contributed by atoms with van der Waals surface area (Å²) in [6.45, 7) is 2.69. The van der Waals surface area contributed by atoms with Gasteiger partial charge in [0.15, 0.2) is 0 Å².